The van der Waals surface area contributed by atoms with Crippen LogP contribution in [0, 0.1) is 11.3 Å². The Kier molecular flexibility index (Phi) is 7.74. The molecule has 1 unspecified atom stereocenters. The average Bonchev–Trinajstić information content (AvgIpc) is 3.60. The number of hydrogen-bond acceptors (Lipinski definition) is 4. The molecule has 0 saturated heterocycles. The third kappa shape index (κ3) is 5.15. The molecular weight excluding hydrogens is 707 g/mol. The first-order chi connectivity index (χ1) is 28.7. The van der Waals surface area contributed by atoms with E-state index in [1.165, 1.54) is 27.8 Å². The molecule has 0 N–H and O–H groups in total. The van der Waals surface area contributed by atoms with Gasteiger partial charge in [0.15, 0.2) is 5.82 Å². The summed E-state index contributed by atoms with van der Waals surface area (Å²) >= 11 is 0. The summed E-state index contributed by atoms with van der Waals surface area (Å²) in [5.74, 6) is 2.23. The molecule has 1 spiro atoms. The maximum Gasteiger partial charge on any atom is 0.160 e. The highest BCUT2D eigenvalue weighted by molar-refractivity contribution is 5.97. The van der Waals surface area contributed by atoms with E-state index in [2.05, 4.69) is 164 Å². The van der Waals surface area contributed by atoms with Crippen molar-refractivity contribution < 1.29 is 4.74 Å². The van der Waals surface area contributed by atoms with E-state index < -0.39 is 5.41 Å². The maximum atomic E-state index is 9.57. The molecule has 2 heterocycles. The maximum absolute atomic E-state index is 9.57. The summed E-state index contributed by atoms with van der Waals surface area (Å²) in [6, 6.07) is 71.8. The van der Waals surface area contributed by atoms with Gasteiger partial charge in [0.25, 0.3) is 0 Å². The summed E-state index contributed by atoms with van der Waals surface area (Å²) in [7, 11) is 0. The largest absolute Gasteiger partial charge is 0.456 e. The van der Waals surface area contributed by atoms with Crippen LogP contribution in [0.3, 0.4) is 0 Å². The lowest BCUT2D eigenvalue weighted by atomic mass is 9.65. The van der Waals surface area contributed by atoms with Crippen molar-refractivity contribution >= 4 is 0 Å². The molecule has 1 aliphatic carbocycles. The molecular formula is C54H33N3O. The minimum absolute atomic E-state index is 0.639. The molecule has 9 aromatic rings. The van der Waals surface area contributed by atoms with E-state index in [1.807, 2.05) is 42.5 Å². The van der Waals surface area contributed by atoms with Crippen molar-refractivity contribution in [3.8, 4) is 84.9 Å². The molecule has 0 radical (unpaired) electrons. The first-order valence-corrected chi connectivity index (χ1v) is 19.5. The van der Waals surface area contributed by atoms with Gasteiger partial charge < -0.3 is 4.74 Å². The van der Waals surface area contributed by atoms with Crippen LogP contribution in [0.5, 0.6) is 11.5 Å². The van der Waals surface area contributed by atoms with Crippen LogP contribution in [-0.4, -0.2) is 9.97 Å². The normalized spacial score (nSPS) is 14.4. The van der Waals surface area contributed by atoms with Gasteiger partial charge in [0.2, 0.25) is 0 Å². The molecule has 0 saturated carbocycles. The van der Waals surface area contributed by atoms with Crippen LogP contribution < -0.4 is 4.74 Å². The molecule has 0 amide bonds. The highest BCUT2D eigenvalue weighted by Gasteiger charge is 2.52. The van der Waals surface area contributed by atoms with Gasteiger partial charge in [0, 0.05) is 27.8 Å². The quantitative estimate of drug-likeness (QED) is 0.176. The van der Waals surface area contributed by atoms with Crippen LogP contribution in [0.25, 0.3) is 67.3 Å². The third-order valence-corrected chi connectivity index (χ3v) is 11.6. The molecule has 0 bridgehead atoms. The minimum atomic E-state index is -0.680. The molecule has 270 valence electrons. The van der Waals surface area contributed by atoms with Crippen molar-refractivity contribution in [2.24, 2.45) is 0 Å². The number of nitriles is 1. The molecule has 1 aliphatic heterocycles. The Bertz CT molecular complexity index is 3080. The molecule has 8 aromatic carbocycles. The minimum Gasteiger partial charge on any atom is -0.456 e. The van der Waals surface area contributed by atoms with E-state index >= 15 is 0 Å². The van der Waals surface area contributed by atoms with Gasteiger partial charge in [0.1, 0.15) is 11.5 Å². The van der Waals surface area contributed by atoms with E-state index in [1.54, 1.807) is 0 Å². The van der Waals surface area contributed by atoms with Crippen molar-refractivity contribution in [2.45, 2.75) is 5.41 Å². The molecule has 2 aliphatic rings. The van der Waals surface area contributed by atoms with Crippen LogP contribution in [0.2, 0.25) is 0 Å². The third-order valence-electron chi connectivity index (χ3n) is 11.6. The number of rotatable bonds is 5. The van der Waals surface area contributed by atoms with Crippen molar-refractivity contribution in [2.75, 3.05) is 0 Å². The second kappa shape index (κ2) is 13.4. The molecule has 1 atom stereocenters. The lowest BCUT2D eigenvalue weighted by Crippen LogP contribution is -2.32. The fourth-order valence-electron chi connectivity index (χ4n) is 9.05. The molecule has 4 heteroatoms. The monoisotopic (exact) mass is 739 g/mol. The van der Waals surface area contributed by atoms with Crippen molar-refractivity contribution in [1.82, 2.24) is 9.97 Å². The molecule has 0 fully saturated rings. The topological polar surface area (TPSA) is 58.8 Å². The number of aromatic nitrogens is 2. The van der Waals surface area contributed by atoms with E-state index in [0.717, 1.165) is 67.4 Å². The Balaban J connectivity index is 1.15. The highest BCUT2D eigenvalue weighted by atomic mass is 16.5. The first-order valence-electron chi connectivity index (χ1n) is 19.5. The number of benzene rings is 8. The zero-order valence-electron chi connectivity index (χ0n) is 31.3. The second-order valence-electron chi connectivity index (χ2n) is 14.8. The van der Waals surface area contributed by atoms with Gasteiger partial charge in [-0.25, -0.2) is 9.97 Å². The van der Waals surface area contributed by atoms with E-state index in [-0.39, 0.29) is 0 Å². The van der Waals surface area contributed by atoms with Gasteiger partial charge in [0.05, 0.1) is 28.4 Å². The highest BCUT2D eigenvalue weighted by Crippen LogP contribution is 2.64. The fourth-order valence-corrected chi connectivity index (χ4v) is 9.05. The van der Waals surface area contributed by atoms with Crippen LogP contribution in [-0.2, 0) is 5.41 Å². The summed E-state index contributed by atoms with van der Waals surface area (Å²) < 4.78 is 7.09. The van der Waals surface area contributed by atoms with Gasteiger partial charge in [-0.05, 0) is 74.8 Å². The van der Waals surface area contributed by atoms with E-state index in [9.17, 15) is 5.26 Å². The number of para-hydroxylation sites is 2. The standard InChI is InChI=1S/C54H33N3O/c55-34-35-25-27-38(28-26-35)41-18-11-22-46-51(41)42-17-7-8-20-44(42)54(46)45-21-9-10-24-50(45)58-52-43(19-12-23-47(52)54)49-33-48(56-53(57-49)40-15-5-2-6-16-40)39-31-29-37(30-32-39)36-13-3-1-4-14-36/h1-33H. The lowest BCUT2D eigenvalue weighted by Gasteiger charge is -2.40. The van der Waals surface area contributed by atoms with Gasteiger partial charge in [-0.3, -0.25) is 0 Å². The first kappa shape index (κ1) is 33.5. The van der Waals surface area contributed by atoms with Gasteiger partial charge in [-0.15, -0.1) is 0 Å². The van der Waals surface area contributed by atoms with E-state index in [4.69, 9.17) is 14.7 Å². The summed E-state index contributed by atoms with van der Waals surface area (Å²) in [5.41, 5.74) is 15.8. The van der Waals surface area contributed by atoms with Gasteiger partial charge in [-0.1, -0.05) is 170 Å². The summed E-state index contributed by atoms with van der Waals surface area (Å²) in [5, 5.41) is 9.57. The number of ether oxygens (including phenoxy) is 1. The predicted molar refractivity (Wildman–Crippen MR) is 231 cm³/mol. The van der Waals surface area contributed by atoms with Crippen molar-refractivity contribution in [3.05, 3.63) is 228 Å². The Morgan fingerprint density at radius 2 is 0.966 bits per heavy atom. The SMILES string of the molecule is N#Cc1ccc(-c2cccc3c2-c2ccccc2C32c3ccccc3Oc3c(-c4cc(-c5ccc(-c6ccccc6)cc5)nc(-c5ccccc5)n4)cccc32)cc1. The molecule has 1 aromatic heterocycles. The summed E-state index contributed by atoms with van der Waals surface area (Å²) in [6.07, 6.45) is 0. The van der Waals surface area contributed by atoms with E-state index in [0.29, 0.717) is 11.4 Å². The summed E-state index contributed by atoms with van der Waals surface area (Å²) in [4.78, 5) is 10.4. The van der Waals surface area contributed by atoms with Gasteiger partial charge >= 0.3 is 0 Å². The molecule has 11 rings (SSSR count). The average molecular weight is 740 g/mol. The van der Waals surface area contributed by atoms with Crippen LogP contribution in [0.15, 0.2) is 200 Å². The Hall–Kier alpha value is -7.87. The number of fused-ring (bicyclic) bond motifs is 9. The Labute approximate surface area is 337 Å². The Morgan fingerprint density at radius 1 is 0.414 bits per heavy atom. The lowest BCUT2D eigenvalue weighted by molar-refractivity contribution is 0.438. The number of hydrogen-bond donors (Lipinski definition) is 0. The van der Waals surface area contributed by atoms with Crippen molar-refractivity contribution in [1.29, 1.82) is 5.26 Å². The molecule has 4 nitrogen and oxygen atoms in total. The van der Waals surface area contributed by atoms with Crippen molar-refractivity contribution in [3.63, 3.8) is 0 Å². The zero-order chi connectivity index (χ0) is 38.6. The number of nitrogens with zero attached hydrogens (tertiary/aromatic N) is 3. The van der Waals surface area contributed by atoms with Crippen LogP contribution >= 0.6 is 0 Å². The zero-order valence-corrected chi connectivity index (χ0v) is 31.3. The fraction of sp³-hybridized carbons (Fsp3) is 0.0185. The van der Waals surface area contributed by atoms with Crippen LogP contribution in [0.4, 0.5) is 0 Å². The van der Waals surface area contributed by atoms with Crippen LogP contribution in [0.1, 0.15) is 27.8 Å². The summed E-state index contributed by atoms with van der Waals surface area (Å²) in [6.45, 7) is 0. The smallest absolute Gasteiger partial charge is 0.160 e. The van der Waals surface area contributed by atoms with Gasteiger partial charge in [-0.2, -0.15) is 5.26 Å². The predicted octanol–water partition coefficient (Wildman–Crippen LogP) is 13.2. The second-order valence-corrected chi connectivity index (χ2v) is 14.8. The Morgan fingerprint density at radius 3 is 1.72 bits per heavy atom. The molecule has 58 heavy (non-hydrogen) atoms.